The van der Waals surface area contributed by atoms with Crippen LogP contribution in [0.25, 0.3) is 17.2 Å². The van der Waals surface area contributed by atoms with Crippen LogP contribution in [-0.4, -0.2) is 20.1 Å². The largest absolute Gasteiger partial charge is 0.496 e. The van der Waals surface area contributed by atoms with Crippen LogP contribution in [0.5, 0.6) is 11.5 Å². The van der Waals surface area contributed by atoms with E-state index < -0.39 is 0 Å². The minimum Gasteiger partial charge on any atom is -0.496 e. The van der Waals surface area contributed by atoms with Crippen LogP contribution < -0.4 is 14.8 Å². The lowest BCUT2D eigenvalue weighted by atomic mass is 9.99. The Balaban J connectivity index is 1.68. The highest BCUT2D eigenvalue weighted by atomic mass is 19.1. The number of amides is 1. The molecule has 3 aromatic carbocycles. The summed E-state index contributed by atoms with van der Waals surface area (Å²) in [6, 6.07) is 18.4. The van der Waals surface area contributed by atoms with Gasteiger partial charge in [-0.1, -0.05) is 36.4 Å². The Morgan fingerprint density at radius 3 is 2.26 bits per heavy atom. The van der Waals surface area contributed by atoms with Gasteiger partial charge < -0.3 is 14.8 Å². The molecule has 0 bridgehead atoms. The Labute approximate surface area is 199 Å². The molecule has 1 amide bonds. The molecule has 34 heavy (non-hydrogen) atoms. The summed E-state index contributed by atoms with van der Waals surface area (Å²) in [5, 5.41) is 2.97. The number of carbonyl (C=O) groups is 1. The lowest BCUT2D eigenvalue weighted by Crippen LogP contribution is -2.22. The van der Waals surface area contributed by atoms with Crippen molar-refractivity contribution in [3.8, 4) is 11.5 Å². The fraction of sp³-hybridized carbons (Fsp3) is 0.207. The van der Waals surface area contributed by atoms with Gasteiger partial charge in [0.1, 0.15) is 17.3 Å². The second-order valence-electron chi connectivity index (χ2n) is 8.34. The van der Waals surface area contributed by atoms with Crippen molar-refractivity contribution in [2.45, 2.75) is 26.8 Å². The average molecular weight is 458 g/mol. The zero-order valence-corrected chi connectivity index (χ0v) is 19.9. The summed E-state index contributed by atoms with van der Waals surface area (Å²) in [4.78, 5) is 12.8. The molecule has 1 aliphatic rings. The molecule has 0 aromatic heterocycles. The van der Waals surface area contributed by atoms with E-state index in [2.05, 4.69) is 5.32 Å². The number of ether oxygens (including phenoxy) is 2. The topological polar surface area (TPSA) is 47.6 Å². The Hall–Kier alpha value is -3.86. The van der Waals surface area contributed by atoms with Gasteiger partial charge in [-0.2, -0.15) is 0 Å². The number of nitrogens with one attached hydrogen (secondary N) is 1. The van der Waals surface area contributed by atoms with Gasteiger partial charge in [0.25, 0.3) is 0 Å². The SMILES string of the molecule is COc1cc(C=C2C(C)=C(CC(=O)NCc3ccccc3)c3cc(F)ccc32)cc(OC)c1C. The lowest BCUT2D eigenvalue weighted by Gasteiger charge is -2.12. The molecule has 0 aliphatic heterocycles. The average Bonchev–Trinajstić information content (AvgIpc) is 3.09. The van der Waals surface area contributed by atoms with Crippen LogP contribution in [0.3, 0.4) is 0 Å². The molecule has 0 spiro atoms. The van der Waals surface area contributed by atoms with E-state index >= 15 is 0 Å². The van der Waals surface area contributed by atoms with Gasteiger partial charge in [-0.15, -0.1) is 0 Å². The molecule has 0 radical (unpaired) electrons. The monoisotopic (exact) mass is 457 g/mol. The van der Waals surface area contributed by atoms with Crippen LogP contribution in [0, 0.1) is 12.7 Å². The number of rotatable bonds is 7. The molecular formula is C29H28FNO3. The van der Waals surface area contributed by atoms with Crippen LogP contribution in [-0.2, 0) is 11.3 Å². The van der Waals surface area contributed by atoms with E-state index in [-0.39, 0.29) is 18.1 Å². The fourth-order valence-corrected chi connectivity index (χ4v) is 4.36. The molecule has 0 saturated carbocycles. The summed E-state index contributed by atoms with van der Waals surface area (Å²) < 4.78 is 25.2. The number of hydrogen-bond acceptors (Lipinski definition) is 3. The molecule has 0 saturated heterocycles. The van der Waals surface area contributed by atoms with Crippen molar-refractivity contribution >= 4 is 23.1 Å². The third-order valence-electron chi connectivity index (χ3n) is 6.21. The number of carbonyl (C=O) groups excluding carboxylic acids is 1. The van der Waals surface area contributed by atoms with Crippen LogP contribution in [0.15, 0.2) is 66.2 Å². The number of fused-ring (bicyclic) bond motifs is 1. The molecule has 0 unspecified atom stereocenters. The van der Waals surface area contributed by atoms with Gasteiger partial charge in [0.2, 0.25) is 5.91 Å². The van der Waals surface area contributed by atoms with Crippen LogP contribution in [0.4, 0.5) is 4.39 Å². The number of methoxy groups -OCH3 is 2. The molecule has 5 heteroatoms. The zero-order valence-electron chi connectivity index (χ0n) is 19.9. The Kier molecular flexibility index (Phi) is 6.82. The number of halogens is 1. The quantitative estimate of drug-likeness (QED) is 0.461. The predicted octanol–water partition coefficient (Wildman–Crippen LogP) is 6.19. The maximum Gasteiger partial charge on any atom is 0.224 e. The maximum atomic E-state index is 14.2. The summed E-state index contributed by atoms with van der Waals surface area (Å²) in [6.45, 7) is 4.37. The summed E-state index contributed by atoms with van der Waals surface area (Å²) in [6.07, 6.45) is 2.21. The number of hydrogen-bond donors (Lipinski definition) is 1. The van der Waals surface area contributed by atoms with Gasteiger partial charge in [-0.25, -0.2) is 4.39 Å². The van der Waals surface area contributed by atoms with Crippen molar-refractivity contribution in [3.05, 3.63) is 99.9 Å². The van der Waals surface area contributed by atoms with Gasteiger partial charge >= 0.3 is 0 Å². The minimum absolute atomic E-state index is 0.103. The summed E-state index contributed by atoms with van der Waals surface area (Å²) in [7, 11) is 3.26. The highest BCUT2D eigenvalue weighted by Crippen LogP contribution is 2.44. The van der Waals surface area contributed by atoms with Crippen molar-refractivity contribution in [1.82, 2.24) is 5.32 Å². The van der Waals surface area contributed by atoms with Crippen molar-refractivity contribution in [3.63, 3.8) is 0 Å². The number of benzene rings is 3. The normalized spacial score (nSPS) is 13.7. The van der Waals surface area contributed by atoms with Gasteiger partial charge in [-0.3, -0.25) is 4.79 Å². The Morgan fingerprint density at radius 1 is 0.941 bits per heavy atom. The van der Waals surface area contributed by atoms with Gasteiger partial charge in [0.15, 0.2) is 0 Å². The molecule has 4 nitrogen and oxygen atoms in total. The summed E-state index contributed by atoms with van der Waals surface area (Å²) >= 11 is 0. The molecule has 0 heterocycles. The third-order valence-corrected chi connectivity index (χ3v) is 6.21. The van der Waals surface area contributed by atoms with E-state index in [1.54, 1.807) is 20.3 Å². The Morgan fingerprint density at radius 2 is 1.62 bits per heavy atom. The van der Waals surface area contributed by atoms with Crippen LogP contribution in [0.1, 0.15) is 41.2 Å². The first-order valence-electron chi connectivity index (χ1n) is 11.2. The molecule has 1 aliphatic carbocycles. The highest BCUT2D eigenvalue weighted by Gasteiger charge is 2.26. The number of allylic oxidation sites excluding steroid dienone is 2. The molecule has 0 atom stereocenters. The Bertz CT molecular complexity index is 1270. The van der Waals surface area contributed by atoms with E-state index in [9.17, 15) is 9.18 Å². The summed E-state index contributed by atoms with van der Waals surface area (Å²) in [5.41, 5.74) is 7.25. The van der Waals surface area contributed by atoms with E-state index in [1.807, 2.05) is 62.4 Å². The molecular weight excluding hydrogens is 429 g/mol. The van der Waals surface area contributed by atoms with Gasteiger partial charge in [0, 0.05) is 12.1 Å². The first-order valence-corrected chi connectivity index (χ1v) is 11.2. The van der Waals surface area contributed by atoms with E-state index in [1.165, 1.54) is 12.1 Å². The first kappa shape index (κ1) is 23.3. The third kappa shape index (κ3) is 4.74. The fourth-order valence-electron chi connectivity index (χ4n) is 4.36. The second kappa shape index (κ2) is 9.96. The molecule has 174 valence electrons. The van der Waals surface area contributed by atoms with Crippen LogP contribution >= 0.6 is 0 Å². The standard InChI is InChI=1S/C29H28FNO3/c1-18-24(12-21-13-27(33-3)19(2)28(14-21)34-4)23-11-10-22(30)15-26(23)25(18)16-29(32)31-17-20-8-6-5-7-9-20/h5-15H,16-17H2,1-4H3,(H,31,32). The minimum atomic E-state index is -0.325. The van der Waals surface area contributed by atoms with Crippen molar-refractivity contribution in [2.75, 3.05) is 14.2 Å². The molecule has 1 N–H and O–H groups in total. The lowest BCUT2D eigenvalue weighted by molar-refractivity contribution is -0.120. The van der Waals surface area contributed by atoms with Gasteiger partial charge in [-0.05, 0) is 83.2 Å². The van der Waals surface area contributed by atoms with E-state index in [4.69, 9.17) is 9.47 Å². The van der Waals surface area contributed by atoms with Crippen molar-refractivity contribution in [1.29, 1.82) is 0 Å². The summed E-state index contributed by atoms with van der Waals surface area (Å²) in [5.74, 6) is 1.03. The molecule has 3 aromatic rings. The highest BCUT2D eigenvalue weighted by molar-refractivity contribution is 6.08. The van der Waals surface area contributed by atoms with Gasteiger partial charge in [0.05, 0.1) is 20.6 Å². The maximum absolute atomic E-state index is 14.2. The molecule has 4 rings (SSSR count). The smallest absolute Gasteiger partial charge is 0.224 e. The second-order valence-corrected chi connectivity index (χ2v) is 8.34. The molecule has 0 fully saturated rings. The van der Waals surface area contributed by atoms with Crippen molar-refractivity contribution < 1.29 is 18.7 Å². The first-order chi connectivity index (χ1) is 16.4. The van der Waals surface area contributed by atoms with E-state index in [0.717, 1.165) is 56.0 Å². The zero-order chi connectivity index (χ0) is 24.2. The predicted molar refractivity (Wildman–Crippen MR) is 134 cm³/mol. The van der Waals surface area contributed by atoms with E-state index in [0.29, 0.717) is 6.54 Å². The van der Waals surface area contributed by atoms with Crippen LogP contribution in [0.2, 0.25) is 0 Å². The van der Waals surface area contributed by atoms with Crippen molar-refractivity contribution in [2.24, 2.45) is 0 Å².